The first-order valence-electron chi connectivity index (χ1n) is 16.2. The van der Waals surface area contributed by atoms with Gasteiger partial charge < -0.3 is 9.47 Å². The van der Waals surface area contributed by atoms with Crippen LogP contribution in [0.2, 0.25) is 0 Å². The molecule has 0 bridgehead atoms. The second-order valence-electron chi connectivity index (χ2n) is 13.1. The molecule has 0 radical (unpaired) electrons. The molecule has 4 nitrogen and oxygen atoms in total. The van der Waals surface area contributed by atoms with Crippen molar-refractivity contribution in [3.63, 3.8) is 0 Å². The molecule has 0 aliphatic carbocycles. The van der Waals surface area contributed by atoms with Crippen molar-refractivity contribution in [3.05, 3.63) is 90.5 Å². The number of aromatic nitrogens is 2. The molecule has 0 unspecified atom stereocenters. The Morgan fingerprint density at radius 3 is 1.95 bits per heavy atom. The van der Waals surface area contributed by atoms with E-state index in [1.807, 2.05) is 0 Å². The summed E-state index contributed by atoms with van der Waals surface area (Å²) in [6.45, 7) is 16.6. The van der Waals surface area contributed by atoms with Gasteiger partial charge in [-0.2, -0.15) is 0 Å². The second kappa shape index (κ2) is 14.1. The minimum atomic E-state index is 0.575. The first kappa shape index (κ1) is 30.7. The predicted molar refractivity (Wildman–Crippen MR) is 180 cm³/mol. The van der Waals surface area contributed by atoms with Crippen LogP contribution in [0.1, 0.15) is 66.4 Å². The Labute approximate surface area is 258 Å². The number of imidazole rings is 1. The molecule has 226 valence electrons. The fraction of sp³-hybridized carbons (Fsp3) is 0.410. The maximum atomic E-state index is 6.70. The fourth-order valence-corrected chi connectivity index (χ4v) is 5.72. The highest BCUT2D eigenvalue weighted by Gasteiger charge is 2.28. The topological polar surface area (TPSA) is 27.3 Å². The number of benzene rings is 4. The van der Waals surface area contributed by atoms with Gasteiger partial charge in [0.1, 0.15) is 18.0 Å². The lowest BCUT2D eigenvalue weighted by Crippen LogP contribution is -2.36. The summed E-state index contributed by atoms with van der Waals surface area (Å²) < 4.78 is 18.2. The van der Waals surface area contributed by atoms with E-state index in [-0.39, 0.29) is 0 Å². The monoisotopic (exact) mass is 577 g/mol. The molecule has 0 amide bonds. The Kier molecular flexibility index (Phi) is 10.1. The van der Waals surface area contributed by atoms with E-state index < -0.39 is 0 Å². The highest BCUT2D eigenvalue weighted by molar-refractivity contribution is 5.94. The Morgan fingerprint density at radius 1 is 0.651 bits per heavy atom. The highest BCUT2D eigenvalue weighted by Crippen LogP contribution is 2.38. The SMILES string of the molecule is CC(C)CCOc1cc(C[n+]2c(-c3ccccc3)n(CCC(C)C)c3ccccc32)c(OCCC(C)C)c2ccccc12. The van der Waals surface area contributed by atoms with Crippen LogP contribution in [0.15, 0.2) is 84.9 Å². The van der Waals surface area contributed by atoms with E-state index in [2.05, 4.69) is 136 Å². The van der Waals surface area contributed by atoms with Gasteiger partial charge in [0.25, 0.3) is 5.82 Å². The average Bonchev–Trinajstić information content (AvgIpc) is 3.30. The van der Waals surface area contributed by atoms with Crippen molar-refractivity contribution >= 4 is 21.8 Å². The van der Waals surface area contributed by atoms with Gasteiger partial charge >= 0.3 is 0 Å². The van der Waals surface area contributed by atoms with Gasteiger partial charge in [0, 0.05) is 16.3 Å². The summed E-state index contributed by atoms with van der Waals surface area (Å²) in [6, 6.07) is 30.5. The van der Waals surface area contributed by atoms with Crippen molar-refractivity contribution in [1.29, 1.82) is 0 Å². The molecule has 4 aromatic carbocycles. The zero-order valence-electron chi connectivity index (χ0n) is 27.0. The number of fused-ring (bicyclic) bond motifs is 2. The summed E-state index contributed by atoms with van der Waals surface area (Å²) in [4.78, 5) is 0. The van der Waals surface area contributed by atoms with Crippen LogP contribution in [-0.4, -0.2) is 17.8 Å². The van der Waals surface area contributed by atoms with Crippen molar-refractivity contribution in [2.24, 2.45) is 17.8 Å². The molecule has 1 aromatic heterocycles. The van der Waals surface area contributed by atoms with E-state index in [4.69, 9.17) is 9.47 Å². The largest absolute Gasteiger partial charge is 0.493 e. The normalized spacial score (nSPS) is 11.8. The summed E-state index contributed by atoms with van der Waals surface area (Å²) >= 11 is 0. The molecule has 0 fully saturated rings. The van der Waals surface area contributed by atoms with Gasteiger partial charge in [-0.15, -0.1) is 0 Å². The van der Waals surface area contributed by atoms with E-state index >= 15 is 0 Å². The Morgan fingerprint density at radius 2 is 1.26 bits per heavy atom. The van der Waals surface area contributed by atoms with Crippen LogP contribution in [0.25, 0.3) is 33.2 Å². The number of rotatable bonds is 14. The van der Waals surface area contributed by atoms with Crippen LogP contribution in [-0.2, 0) is 13.1 Å². The molecular weight excluding hydrogens is 528 g/mol. The molecular formula is C39H49N2O2+. The Hall–Kier alpha value is -3.79. The molecule has 5 aromatic rings. The minimum absolute atomic E-state index is 0.575. The molecule has 0 spiro atoms. The molecule has 0 N–H and O–H groups in total. The lowest BCUT2D eigenvalue weighted by molar-refractivity contribution is -0.651. The maximum absolute atomic E-state index is 6.70. The van der Waals surface area contributed by atoms with Gasteiger partial charge in [-0.25, -0.2) is 9.13 Å². The lowest BCUT2D eigenvalue weighted by atomic mass is 10.0. The summed E-state index contributed by atoms with van der Waals surface area (Å²) in [5.41, 5.74) is 4.86. The van der Waals surface area contributed by atoms with Gasteiger partial charge in [-0.1, -0.05) is 96.1 Å². The number of para-hydroxylation sites is 2. The van der Waals surface area contributed by atoms with E-state index in [1.54, 1.807) is 0 Å². The zero-order valence-corrected chi connectivity index (χ0v) is 27.0. The maximum Gasteiger partial charge on any atom is 0.290 e. The minimum Gasteiger partial charge on any atom is -0.493 e. The van der Waals surface area contributed by atoms with Crippen molar-refractivity contribution in [1.82, 2.24) is 4.57 Å². The van der Waals surface area contributed by atoms with Crippen LogP contribution in [0, 0.1) is 17.8 Å². The number of aryl methyl sites for hydroxylation is 1. The van der Waals surface area contributed by atoms with Crippen LogP contribution in [0.5, 0.6) is 11.5 Å². The number of ether oxygens (including phenoxy) is 2. The first-order chi connectivity index (χ1) is 20.8. The Balaban J connectivity index is 1.70. The summed E-state index contributed by atoms with van der Waals surface area (Å²) in [6.07, 6.45) is 3.15. The number of hydrogen-bond donors (Lipinski definition) is 0. The Bertz CT molecular complexity index is 1630. The van der Waals surface area contributed by atoms with Crippen LogP contribution < -0.4 is 14.0 Å². The van der Waals surface area contributed by atoms with Gasteiger partial charge in [-0.3, -0.25) is 0 Å². The third-order valence-corrected chi connectivity index (χ3v) is 8.19. The van der Waals surface area contributed by atoms with E-state index in [0.717, 1.165) is 53.6 Å². The van der Waals surface area contributed by atoms with Gasteiger partial charge in [0.2, 0.25) is 0 Å². The van der Waals surface area contributed by atoms with Crippen LogP contribution in [0.4, 0.5) is 0 Å². The zero-order chi connectivity index (χ0) is 30.3. The van der Waals surface area contributed by atoms with E-state index in [9.17, 15) is 0 Å². The molecule has 0 aliphatic rings. The molecule has 5 rings (SSSR count). The molecule has 0 saturated heterocycles. The van der Waals surface area contributed by atoms with Gasteiger partial charge in [0.05, 0.1) is 25.3 Å². The van der Waals surface area contributed by atoms with E-state index in [0.29, 0.717) is 37.5 Å². The third-order valence-electron chi connectivity index (χ3n) is 8.19. The van der Waals surface area contributed by atoms with E-state index in [1.165, 1.54) is 22.4 Å². The number of hydrogen-bond acceptors (Lipinski definition) is 2. The smallest absolute Gasteiger partial charge is 0.290 e. The highest BCUT2D eigenvalue weighted by atomic mass is 16.5. The lowest BCUT2D eigenvalue weighted by Gasteiger charge is -2.19. The summed E-state index contributed by atoms with van der Waals surface area (Å²) in [7, 11) is 0. The second-order valence-corrected chi connectivity index (χ2v) is 13.1. The van der Waals surface area contributed by atoms with Crippen molar-refractivity contribution < 1.29 is 14.0 Å². The van der Waals surface area contributed by atoms with Crippen LogP contribution in [0.3, 0.4) is 0 Å². The average molecular weight is 578 g/mol. The van der Waals surface area contributed by atoms with Gasteiger partial charge in [-0.05, 0) is 67.3 Å². The van der Waals surface area contributed by atoms with Crippen molar-refractivity contribution in [3.8, 4) is 22.9 Å². The molecule has 0 saturated carbocycles. The first-order valence-corrected chi connectivity index (χ1v) is 16.2. The predicted octanol–water partition coefficient (Wildman–Crippen LogP) is 9.69. The molecule has 0 atom stereocenters. The number of nitrogens with zero attached hydrogens (tertiary/aromatic N) is 2. The standard InChI is InChI=1S/C39H49N2O2/c1-28(2)20-23-40-35-18-12-13-19-36(35)41(39(40)31-14-8-7-9-15-31)27-32-26-37(42-24-21-29(3)4)33-16-10-11-17-34(33)38(32)43-25-22-30(5)6/h7-19,26,28-30H,20-25,27H2,1-6H3/q+1. The van der Waals surface area contributed by atoms with Gasteiger partial charge in [0.15, 0.2) is 11.0 Å². The molecule has 0 aliphatic heterocycles. The van der Waals surface area contributed by atoms with Crippen molar-refractivity contribution in [2.75, 3.05) is 13.2 Å². The molecule has 1 heterocycles. The third kappa shape index (κ3) is 7.24. The fourth-order valence-electron chi connectivity index (χ4n) is 5.72. The summed E-state index contributed by atoms with van der Waals surface area (Å²) in [5, 5.41) is 2.23. The quantitative estimate of drug-likeness (QED) is 0.123. The molecule has 43 heavy (non-hydrogen) atoms. The van der Waals surface area contributed by atoms with Crippen LogP contribution >= 0.6 is 0 Å². The van der Waals surface area contributed by atoms with Crippen molar-refractivity contribution in [2.45, 2.75) is 73.9 Å². The molecule has 4 heteroatoms. The summed E-state index contributed by atoms with van der Waals surface area (Å²) in [5.74, 6) is 4.92.